The van der Waals surface area contributed by atoms with E-state index in [-0.39, 0.29) is 5.56 Å². The van der Waals surface area contributed by atoms with Crippen LogP contribution in [0.3, 0.4) is 0 Å². The van der Waals surface area contributed by atoms with Crippen LogP contribution in [0.15, 0.2) is 12.1 Å². The van der Waals surface area contributed by atoms with E-state index in [0.29, 0.717) is 17.1 Å². The maximum atomic E-state index is 11.4. The molecular formula is C12H12O5. The second kappa shape index (κ2) is 3.48. The number of rotatable bonds is 2. The largest absolute Gasteiger partial charge is 0.475 e. The van der Waals surface area contributed by atoms with Crippen LogP contribution in [-0.2, 0) is 4.79 Å². The second-order valence-corrected chi connectivity index (χ2v) is 4.35. The van der Waals surface area contributed by atoms with E-state index >= 15 is 0 Å². The maximum Gasteiger partial charge on any atom is 0.377 e. The van der Waals surface area contributed by atoms with E-state index in [0.717, 1.165) is 0 Å². The number of carbonyl (C=O) groups excluding carboxylic acids is 1. The SMILES string of the molecule is Cc1cc2c(cc1C(=O)C(=O)O)OC(C)(C)O2. The molecular weight excluding hydrogens is 224 g/mol. The third-order valence-corrected chi connectivity index (χ3v) is 2.44. The summed E-state index contributed by atoms with van der Waals surface area (Å²) in [5.41, 5.74) is 0.676. The van der Waals surface area contributed by atoms with Crippen molar-refractivity contribution < 1.29 is 24.2 Å². The molecule has 1 N–H and O–H groups in total. The molecule has 1 aliphatic heterocycles. The van der Waals surface area contributed by atoms with Gasteiger partial charge < -0.3 is 14.6 Å². The number of ether oxygens (including phenoxy) is 2. The first-order valence-electron chi connectivity index (χ1n) is 5.10. The van der Waals surface area contributed by atoms with E-state index in [1.54, 1.807) is 26.8 Å². The van der Waals surface area contributed by atoms with Gasteiger partial charge in [0.2, 0.25) is 5.79 Å². The number of ketones is 1. The molecule has 0 saturated heterocycles. The van der Waals surface area contributed by atoms with Crippen LogP contribution in [0.5, 0.6) is 11.5 Å². The number of aryl methyl sites for hydroxylation is 1. The van der Waals surface area contributed by atoms with Crippen molar-refractivity contribution in [2.75, 3.05) is 0 Å². The van der Waals surface area contributed by atoms with Crippen molar-refractivity contribution in [1.29, 1.82) is 0 Å². The molecule has 1 aromatic rings. The van der Waals surface area contributed by atoms with Gasteiger partial charge in [0.15, 0.2) is 11.5 Å². The monoisotopic (exact) mass is 236 g/mol. The highest BCUT2D eigenvalue weighted by Crippen LogP contribution is 2.40. The van der Waals surface area contributed by atoms with Gasteiger partial charge in [-0.05, 0) is 24.6 Å². The number of hydrogen-bond donors (Lipinski definition) is 1. The molecule has 17 heavy (non-hydrogen) atoms. The van der Waals surface area contributed by atoms with E-state index in [1.807, 2.05) is 0 Å². The highest BCUT2D eigenvalue weighted by atomic mass is 16.7. The number of fused-ring (bicyclic) bond motifs is 1. The quantitative estimate of drug-likeness (QED) is 0.625. The summed E-state index contributed by atoms with van der Waals surface area (Å²) < 4.78 is 10.9. The van der Waals surface area contributed by atoms with E-state index in [9.17, 15) is 9.59 Å². The molecule has 1 aromatic carbocycles. The topological polar surface area (TPSA) is 72.8 Å². The summed E-state index contributed by atoms with van der Waals surface area (Å²) >= 11 is 0. The summed E-state index contributed by atoms with van der Waals surface area (Å²) in [7, 11) is 0. The molecule has 1 aliphatic rings. The van der Waals surface area contributed by atoms with Crippen molar-refractivity contribution >= 4 is 11.8 Å². The molecule has 0 saturated carbocycles. The Balaban J connectivity index is 2.47. The lowest BCUT2D eigenvalue weighted by atomic mass is 10.0. The number of carboxylic acids is 1. The molecule has 0 aliphatic carbocycles. The van der Waals surface area contributed by atoms with Gasteiger partial charge in [0, 0.05) is 19.4 Å². The Hall–Kier alpha value is -2.04. The van der Waals surface area contributed by atoms with Crippen LogP contribution in [0.2, 0.25) is 0 Å². The fourth-order valence-electron chi connectivity index (χ4n) is 1.73. The van der Waals surface area contributed by atoms with E-state index in [4.69, 9.17) is 14.6 Å². The van der Waals surface area contributed by atoms with E-state index in [1.165, 1.54) is 6.07 Å². The minimum Gasteiger partial charge on any atom is -0.475 e. The van der Waals surface area contributed by atoms with Gasteiger partial charge in [-0.1, -0.05) is 0 Å². The van der Waals surface area contributed by atoms with Crippen molar-refractivity contribution in [2.45, 2.75) is 26.6 Å². The predicted molar refractivity (Wildman–Crippen MR) is 58.5 cm³/mol. The van der Waals surface area contributed by atoms with E-state index < -0.39 is 17.5 Å². The summed E-state index contributed by atoms with van der Waals surface area (Å²) in [4.78, 5) is 22.1. The van der Waals surface area contributed by atoms with Crippen molar-refractivity contribution in [2.24, 2.45) is 0 Å². The molecule has 1 heterocycles. The average Bonchev–Trinajstić information content (AvgIpc) is 2.48. The number of benzene rings is 1. The Morgan fingerprint density at radius 2 is 1.71 bits per heavy atom. The zero-order chi connectivity index (χ0) is 12.8. The summed E-state index contributed by atoms with van der Waals surface area (Å²) in [6.45, 7) is 5.13. The third kappa shape index (κ3) is 1.95. The normalized spacial score (nSPS) is 15.7. The van der Waals surface area contributed by atoms with Crippen molar-refractivity contribution in [3.63, 3.8) is 0 Å². The number of aliphatic carboxylic acids is 1. The van der Waals surface area contributed by atoms with Crippen LogP contribution in [-0.4, -0.2) is 22.6 Å². The molecule has 90 valence electrons. The molecule has 0 bridgehead atoms. The fraction of sp³-hybridized carbons (Fsp3) is 0.333. The van der Waals surface area contributed by atoms with Crippen LogP contribution in [0, 0.1) is 6.92 Å². The fourth-order valence-corrected chi connectivity index (χ4v) is 1.73. The van der Waals surface area contributed by atoms with Crippen LogP contribution in [0.25, 0.3) is 0 Å². The highest BCUT2D eigenvalue weighted by Gasteiger charge is 2.33. The average molecular weight is 236 g/mol. The smallest absolute Gasteiger partial charge is 0.377 e. The van der Waals surface area contributed by atoms with Gasteiger partial charge in [0.25, 0.3) is 5.78 Å². The van der Waals surface area contributed by atoms with Gasteiger partial charge in [-0.2, -0.15) is 0 Å². The molecule has 5 heteroatoms. The van der Waals surface area contributed by atoms with Gasteiger partial charge >= 0.3 is 5.97 Å². The van der Waals surface area contributed by atoms with Gasteiger partial charge in [-0.3, -0.25) is 4.79 Å². The maximum absolute atomic E-state index is 11.4. The van der Waals surface area contributed by atoms with Crippen molar-refractivity contribution in [1.82, 2.24) is 0 Å². The Morgan fingerprint density at radius 1 is 1.18 bits per heavy atom. The van der Waals surface area contributed by atoms with Gasteiger partial charge in [-0.15, -0.1) is 0 Å². The van der Waals surface area contributed by atoms with Crippen LogP contribution < -0.4 is 9.47 Å². The first-order valence-corrected chi connectivity index (χ1v) is 5.10. The number of hydrogen-bond acceptors (Lipinski definition) is 4. The molecule has 0 aromatic heterocycles. The molecule has 5 nitrogen and oxygen atoms in total. The Labute approximate surface area is 98.0 Å². The zero-order valence-electron chi connectivity index (χ0n) is 9.73. The lowest BCUT2D eigenvalue weighted by Crippen LogP contribution is -2.29. The lowest BCUT2D eigenvalue weighted by Gasteiger charge is -2.16. The van der Waals surface area contributed by atoms with Crippen LogP contribution in [0.4, 0.5) is 0 Å². The highest BCUT2D eigenvalue weighted by molar-refractivity contribution is 6.40. The molecule has 0 spiro atoms. The van der Waals surface area contributed by atoms with Crippen LogP contribution in [0.1, 0.15) is 29.8 Å². The number of carbonyl (C=O) groups is 2. The summed E-state index contributed by atoms with van der Waals surface area (Å²) in [6.07, 6.45) is 0. The Kier molecular flexibility index (Phi) is 2.34. The summed E-state index contributed by atoms with van der Waals surface area (Å²) in [5.74, 6) is -2.30. The first kappa shape index (κ1) is 11.4. The van der Waals surface area contributed by atoms with Crippen molar-refractivity contribution in [3.05, 3.63) is 23.3 Å². The van der Waals surface area contributed by atoms with E-state index in [2.05, 4.69) is 0 Å². The summed E-state index contributed by atoms with van der Waals surface area (Å²) in [6, 6.07) is 3.02. The van der Waals surface area contributed by atoms with Crippen LogP contribution >= 0.6 is 0 Å². The van der Waals surface area contributed by atoms with Gasteiger partial charge in [-0.25, -0.2) is 4.79 Å². The van der Waals surface area contributed by atoms with Crippen molar-refractivity contribution in [3.8, 4) is 11.5 Å². The third-order valence-electron chi connectivity index (χ3n) is 2.44. The predicted octanol–water partition coefficient (Wildman–Crippen LogP) is 1.77. The first-order chi connectivity index (χ1) is 7.80. The molecule has 2 rings (SSSR count). The lowest BCUT2D eigenvalue weighted by molar-refractivity contribution is -0.131. The molecule has 0 amide bonds. The Morgan fingerprint density at radius 3 is 2.24 bits per heavy atom. The van der Waals surface area contributed by atoms with Gasteiger partial charge in [0.05, 0.1) is 0 Å². The molecule has 0 fully saturated rings. The molecule has 0 unspecified atom stereocenters. The minimum atomic E-state index is -1.48. The zero-order valence-corrected chi connectivity index (χ0v) is 9.73. The number of carboxylic acid groups (broad SMARTS) is 1. The van der Waals surface area contributed by atoms with Gasteiger partial charge in [0.1, 0.15) is 0 Å². The standard InChI is InChI=1S/C12H12O5/c1-6-4-8-9(17-12(2,3)16-8)5-7(6)10(13)11(14)15/h4-5H,1-3H3,(H,14,15). The Bertz CT molecular complexity index is 516. The minimum absolute atomic E-state index is 0.123. The number of Topliss-reactive ketones (excluding diaryl/α,β-unsaturated/α-hetero) is 1. The molecule has 0 radical (unpaired) electrons. The molecule has 0 atom stereocenters. The second-order valence-electron chi connectivity index (χ2n) is 4.35. The summed E-state index contributed by atoms with van der Waals surface area (Å²) in [5, 5.41) is 8.69.